The number of halogens is 2. The van der Waals surface area contributed by atoms with Crippen molar-refractivity contribution >= 4 is 40.8 Å². The van der Waals surface area contributed by atoms with Crippen LogP contribution in [0.3, 0.4) is 0 Å². The Hall–Kier alpha value is -2.31. The van der Waals surface area contributed by atoms with Crippen LogP contribution in [0.25, 0.3) is 0 Å². The molecule has 1 heterocycles. The Labute approximate surface area is 155 Å². The minimum Gasteiger partial charge on any atom is -0.477 e. The first-order valence-corrected chi connectivity index (χ1v) is 8.22. The maximum Gasteiger partial charge on any atom is 0.344 e. The fourth-order valence-electron chi connectivity index (χ4n) is 1.95. The van der Waals surface area contributed by atoms with Gasteiger partial charge in [0.25, 0.3) is 5.91 Å². The fraction of sp³-hybridized carbons (Fsp3) is 0.235. The summed E-state index contributed by atoms with van der Waals surface area (Å²) in [5.41, 5.74) is 0.552. The van der Waals surface area contributed by atoms with E-state index in [9.17, 15) is 9.59 Å². The van der Waals surface area contributed by atoms with E-state index in [-0.39, 0.29) is 11.4 Å². The Morgan fingerprint density at radius 1 is 1.24 bits per heavy atom. The van der Waals surface area contributed by atoms with Crippen LogP contribution >= 0.6 is 23.2 Å². The van der Waals surface area contributed by atoms with Crippen LogP contribution in [-0.4, -0.2) is 29.6 Å². The van der Waals surface area contributed by atoms with Crippen molar-refractivity contribution in [2.24, 2.45) is 0 Å². The van der Waals surface area contributed by atoms with Gasteiger partial charge in [-0.25, -0.2) is 9.78 Å². The van der Waals surface area contributed by atoms with Crippen LogP contribution in [-0.2, 0) is 9.53 Å². The molecule has 0 spiro atoms. The number of ether oxygens (including phenoxy) is 2. The van der Waals surface area contributed by atoms with Crippen molar-refractivity contribution in [3.8, 4) is 5.88 Å². The smallest absolute Gasteiger partial charge is 0.344 e. The zero-order valence-electron chi connectivity index (χ0n) is 13.6. The van der Waals surface area contributed by atoms with E-state index >= 15 is 0 Å². The number of carbonyl (C=O) groups is 2. The number of anilines is 1. The maximum absolute atomic E-state index is 12.3. The maximum atomic E-state index is 12.3. The van der Waals surface area contributed by atoms with Gasteiger partial charge >= 0.3 is 5.97 Å². The molecule has 1 aromatic heterocycles. The summed E-state index contributed by atoms with van der Waals surface area (Å²) in [6.07, 6.45) is 0.459. The number of esters is 1. The van der Waals surface area contributed by atoms with Gasteiger partial charge < -0.3 is 14.8 Å². The highest BCUT2D eigenvalue weighted by atomic mass is 35.5. The second-order valence-corrected chi connectivity index (χ2v) is 5.86. The van der Waals surface area contributed by atoms with Crippen molar-refractivity contribution in [2.75, 3.05) is 11.9 Å². The van der Waals surface area contributed by atoms with E-state index in [2.05, 4.69) is 10.3 Å². The van der Waals surface area contributed by atoms with Gasteiger partial charge in [0.2, 0.25) is 5.88 Å². The second-order valence-electron chi connectivity index (χ2n) is 4.98. The largest absolute Gasteiger partial charge is 0.477 e. The van der Waals surface area contributed by atoms with Crippen molar-refractivity contribution in [2.45, 2.75) is 20.0 Å². The molecule has 0 aliphatic rings. The van der Waals surface area contributed by atoms with Crippen LogP contribution in [0.1, 0.15) is 24.2 Å². The van der Waals surface area contributed by atoms with Crippen molar-refractivity contribution in [3.05, 3.63) is 52.1 Å². The number of rotatable bonds is 6. The molecule has 1 aromatic carbocycles. The molecule has 0 bridgehead atoms. The molecule has 8 heteroatoms. The van der Waals surface area contributed by atoms with E-state index in [0.29, 0.717) is 22.3 Å². The quantitative estimate of drug-likeness (QED) is 0.764. The standard InChI is InChI=1S/C17H16Cl2N2O4/c1-3-24-16-14(5-4-6-20-16)17(23)25-10(2)15(22)21-13-8-11(18)7-12(19)9-13/h4-10H,3H2,1-2H3,(H,21,22)/t10-/m1/s1. The summed E-state index contributed by atoms with van der Waals surface area (Å²) < 4.78 is 10.5. The number of amides is 1. The molecule has 2 rings (SSSR count). The Morgan fingerprint density at radius 3 is 2.56 bits per heavy atom. The summed E-state index contributed by atoms with van der Waals surface area (Å²) in [5, 5.41) is 3.35. The molecule has 0 radical (unpaired) electrons. The molecule has 6 nitrogen and oxygen atoms in total. The summed E-state index contributed by atoms with van der Waals surface area (Å²) in [4.78, 5) is 28.4. The lowest BCUT2D eigenvalue weighted by atomic mass is 10.2. The highest BCUT2D eigenvalue weighted by Gasteiger charge is 2.22. The summed E-state index contributed by atoms with van der Waals surface area (Å²) in [6.45, 7) is 3.58. The molecule has 0 aliphatic carbocycles. The normalized spacial score (nSPS) is 11.5. The Kier molecular flexibility index (Phi) is 6.61. The van der Waals surface area contributed by atoms with Crippen molar-refractivity contribution < 1.29 is 19.1 Å². The summed E-state index contributed by atoms with van der Waals surface area (Å²) in [6, 6.07) is 7.71. The minimum atomic E-state index is -1.04. The average Bonchev–Trinajstić information content (AvgIpc) is 2.54. The van der Waals surface area contributed by atoms with Gasteiger partial charge in [0.1, 0.15) is 5.56 Å². The highest BCUT2D eigenvalue weighted by Crippen LogP contribution is 2.23. The first kappa shape index (κ1) is 19.0. The van der Waals surface area contributed by atoms with Gasteiger partial charge in [-0.05, 0) is 44.2 Å². The van der Waals surface area contributed by atoms with Crippen molar-refractivity contribution in [1.82, 2.24) is 4.98 Å². The van der Waals surface area contributed by atoms with Crippen LogP contribution in [0.2, 0.25) is 10.0 Å². The highest BCUT2D eigenvalue weighted by molar-refractivity contribution is 6.35. The Balaban J connectivity index is 2.04. The third-order valence-corrected chi connectivity index (χ3v) is 3.49. The van der Waals surface area contributed by atoms with E-state index in [1.54, 1.807) is 19.1 Å². The molecule has 25 heavy (non-hydrogen) atoms. The van der Waals surface area contributed by atoms with Crippen LogP contribution in [0, 0.1) is 0 Å². The SMILES string of the molecule is CCOc1ncccc1C(=O)O[C@H](C)C(=O)Nc1cc(Cl)cc(Cl)c1. The molecule has 132 valence electrons. The van der Waals surface area contributed by atoms with Crippen LogP contribution in [0.15, 0.2) is 36.5 Å². The molecular formula is C17H16Cl2N2O4. The Bertz CT molecular complexity index is 763. The third kappa shape index (κ3) is 5.34. The molecule has 1 N–H and O–H groups in total. The summed E-state index contributed by atoms with van der Waals surface area (Å²) in [5.74, 6) is -1.07. The topological polar surface area (TPSA) is 77.5 Å². The molecule has 0 aliphatic heterocycles. The zero-order valence-corrected chi connectivity index (χ0v) is 15.1. The van der Waals surface area contributed by atoms with Gasteiger partial charge in [-0.1, -0.05) is 23.2 Å². The first-order valence-electron chi connectivity index (χ1n) is 7.46. The molecule has 0 fully saturated rings. The summed E-state index contributed by atoms with van der Waals surface area (Å²) >= 11 is 11.8. The number of pyridine rings is 1. The molecule has 1 atom stereocenters. The van der Waals surface area contributed by atoms with Gasteiger partial charge in [0.15, 0.2) is 6.10 Å². The number of aromatic nitrogens is 1. The number of nitrogens with zero attached hydrogens (tertiary/aromatic N) is 1. The molecule has 2 aromatic rings. The number of carbonyl (C=O) groups excluding carboxylic acids is 2. The predicted octanol–water partition coefficient (Wildman–Crippen LogP) is 3.97. The molecule has 1 amide bonds. The van der Waals surface area contributed by atoms with Gasteiger partial charge in [0, 0.05) is 21.9 Å². The number of nitrogens with one attached hydrogen (secondary N) is 1. The zero-order chi connectivity index (χ0) is 18.4. The molecular weight excluding hydrogens is 367 g/mol. The summed E-state index contributed by atoms with van der Waals surface area (Å²) in [7, 11) is 0. The monoisotopic (exact) mass is 382 g/mol. The van der Waals surface area contributed by atoms with Gasteiger partial charge in [0.05, 0.1) is 6.61 Å². The predicted molar refractivity (Wildman–Crippen MR) is 95.4 cm³/mol. The number of hydrogen-bond acceptors (Lipinski definition) is 5. The van der Waals surface area contributed by atoms with Gasteiger partial charge in [-0.15, -0.1) is 0 Å². The van der Waals surface area contributed by atoms with Gasteiger partial charge in [-0.2, -0.15) is 0 Å². The van der Waals surface area contributed by atoms with E-state index in [0.717, 1.165) is 0 Å². The average molecular weight is 383 g/mol. The lowest BCUT2D eigenvalue weighted by Gasteiger charge is -2.15. The minimum absolute atomic E-state index is 0.148. The van der Waals surface area contributed by atoms with Crippen molar-refractivity contribution in [3.63, 3.8) is 0 Å². The molecule has 0 saturated heterocycles. The lowest BCUT2D eigenvalue weighted by molar-refractivity contribution is -0.123. The number of hydrogen-bond donors (Lipinski definition) is 1. The van der Waals surface area contributed by atoms with Crippen LogP contribution in [0.5, 0.6) is 5.88 Å². The van der Waals surface area contributed by atoms with Crippen molar-refractivity contribution in [1.29, 1.82) is 0 Å². The van der Waals surface area contributed by atoms with Crippen LogP contribution in [0.4, 0.5) is 5.69 Å². The van der Waals surface area contributed by atoms with Gasteiger partial charge in [-0.3, -0.25) is 4.79 Å². The van der Waals surface area contributed by atoms with E-state index < -0.39 is 18.0 Å². The molecule has 0 unspecified atom stereocenters. The second kappa shape index (κ2) is 8.69. The van der Waals surface area contributed by atoms with E-state index in [1.807, 2.05) is 0 Å². The lowest BCUT2D eigenvalue weighted by Crippen LogP contribution is -2.30. The first-order chi connectivity index (χ1) is 11.9. The number of benzene rings is 1. The van der Waals surface area contributed by atoms with Crippen LogP contribution < -0.4 is 10.1 Å². The fourth-order valence-corrected chi connectivity index (χ4v) is 2.47. The molecule has 0 saturated carbocycles. The van der Waals surface area contributed by atoms with E-state index in [1.165, 1.54) is 31.3 Å². The van der Waals surface area contributed by atoms with E-state index in [4.69, 9.17) is 32.7 Å². The Morgan fingerprint density at radius 2 is 1.92 bits per heavy atom. The third-order valence-electron chi connectivity index (χ3n) is 3.06.